The highest BCUT2D eigenvalue weighted by Crippen LogP contribution is 2.29. The Morgan fingerprint density at radius 1 is 1.33 bits per heavy atom. The molecule has 1 saturated heterocycles. The largest absolute Gasteiger partial charge is 0.399 e. The van der Waals surface area contributed by atoms with Crippen LogP contribution in [0, 0.1) is 9.49 Å². The molecule has 100 valence electrons. The molecule has 2 N–H and O–H groups in total. The first-order valence-corrected chi connectivity index (χ1v) is 8.08. The summed E-state index contributed by atoms with van der Waals surface area (Å²) in [6.07, 6.45) is 6.78. The van der Waals surface area contributed by atoms with Crippen LogP contribution in [-0.2, 0) is 0 Å². The fourth-order valence-electron chi connectivity index (χ4n) is 2.88. The zero-order chi connectivity index (χ0) is 13.0. The molecule has 1 aromatic carbocycles. The van der Waals surface area contributed by atoms with Gasteiger partial charge in [0.15, 0.2) is 0 Å². The zero-order valence-corrected chi connectivity index (χ0v) is 13.3. The van der Waals surface area contributed by atoms with Crippen molar-refractivity contribution in [3.8, 4) is 0 Å². The van der Waals surface area contributed by atoms with Crippen molar-refractivity contribution in [3.63, 3.8) is 0 Å². The summed E-state index contributed by atoms with van der Waals surface area (Å²) < 4.78 is 1.28. The van der Waals surface area contributed by atoms with Gasteiger partial charge in [-0.1, -0.05) is 19.8 Å². The first-order valence-electron chi connectivity index (χ1n) is 7.00. The third kappa shape index (κ3) is 3.53. The maximum Gasteiger partial charge on any atom is 0.0503 e. The van der Waals surface area contributed by atoms with Crippen molar-refractivity contribution < 1.29 is 0 Å². The quantitative estimate of drug-likeness (QED) is 0.646. The standard InChI is InChI=1S/C15H23IN2/c1-2-4-12-5-3-9-18(10-8-12)15-7-6-13(17)11-14(15)16/h6-7,11-12H,2-5,8-10,17H2,1H3. The van der Waals surface area contributed by atoms with Gasteiger partial charge in [0.05, 0.1) is 5.69 Å². The van der Waals surface area contributed by atoms with Crippen molar-refractivity contribution in [2.24, 2.45) is 5.92 Å². The van der Waals surface area contributed by atoms with Crippen molar-refractivity contribution in [2.45, 2.75) is 39.0 Å². The minimum Gasteiger partial charge on any atom is -0.399 e. The molecule has 1 unspecified atom stereocenters. The smallest absolute Gasteiger partial charge is 0.0503 e. The molecule has 0 saturated carbocycles. The number of hydrogen-bond acceptors (Lipinski definition) is 2. The van der Waals surface area contributed by atoms with E-state index in [1.165, 1.54) is 54.5 Å². The molecule has 1 aromatic rings. The van der Waals surface area contributed by atoms with Crippen LogP contribution in [0.4, 0.5) is 11.4 Å². The van der Waals surface area contributed by atoms with Crippen LogP contribution in [0.25, 0.3) is 0 Å². The Morgan fingerprint density at radius 3 is 2.89 bits per heavy atom. The molecule has 1 aliphatic rings. The van der Waals surface area contributed by atoms with Gasteiger partial charge in [0, 0.05) is 22.3 Å². The van der Waals surface area contributed by atoms with Gasteiger partial charge in [0.2, 0.25) is 0 Å². The number of nitrogens with two attached hydrogens (primary N) is 1. The van der Waals surface area contributed by atoms with Crippen LogP contribution in [0.1, 0.15) is 39.0 Å². The number of rotatable bonds is 3. The maximum absolute atomic E-state index is 5.83. The summed E-state index contributed by atoms with van der Waals surface area (Å²) >= 11 is 2.40. The summed E-state index contributed by atoms with van der Waals surface area (Å²) in [5.41, 5.74) is 8.05. The van der Waals surface area contributed by atoms with Crippen LogP contribution >= 0.6 is 22.6 Å². The van der Waals surface area contributed by atoms with Gasteiger partial charge in [-0.2, -0.15) is 0 Å². The van der Waals surface area contributed by atoms with Crippen LogP contribution in [0.15, 0.2) is 18.2 Å². The second-order valence-electron chi connectivity index (χ2n) is 5.28. The second-order valence-corrected chi connectivity index (χ2v) is 6.45. The minimum atomic E-state index is 0.863. The highest BCUT2D eigenvalue weighted by molar-refractivity contribution is 14.1. The molecule has 1 fully saturated rings. The van der Waals surface area contributed by atoms with E-state index in [1.807, 2.05) is 6.07 Å². The maximum atomic E-state index is 5.83. The molecule has 1 atom stereocenters. The molecule has 0 aliphatic carbocycles. The molecule has 1 heterocycles. The monoisotopic (exact) mass is 358 g/mol. The predicted molar refractivity (Wildman–Crippen MR) is 88.0 cm³/mol. The molecule has 0 radical (unpaired) electrons. The molecule has 3 heteroatoms. The predicted octanol–water partition coefficient (Wildman–Crippen LogP) is 4.28. The second kappa shape index (κ2) is 6.64. The molecule has 1 aliphatic heterocycles. The van der Waals surface area contributed by atoms with E-state index in [0.29, 0.717) is 0 Å². The minimum absolute atomic E-state index is 0.863. The van der Waals surface area contributed by atoms with E-state index in [-0.39, 0.29) is 0 Å². The van der Waals surface area contributed by atoms with E-state index in [4.69, 9.17) is 5.73 Å². The lowest BCUT2D eigenvalue weighted by Gasteiger charge is -2.24. The Bertz CT molecular complexity index is 392. The molecule has 0 aromatic heterocycles. The Kier molecular flexibility index (Phi) is 5.15. The highest BCUT2D eigenvalue weighted by atomic mass is 127. The molecule has 2 nitrogen and oxygen atoms in total. The number of benzene rings is 1. The first kappa shape index (κ1) is 14.0. The zero-order valence-electron chi connectivity index (χ0n) is 11.2. The highest BCUT2D eigenvalue weighted by Gasteiger charge is 2.17. The lowest BCUT2D eigenvalue weighted by molar-refractivity contribution is 0.435. The molecular formula is C15H23IN2. The fraction of sp³-hybridized carbons (Fsp3) is 0.600. The van der Waals surface area contributed by atoms with Crippen LogP contribution in [0.2, 0.25) is 0 Å². The lowest BCUT2D eigenvalue weighted by Crippen LogP contribution is -2.25. The van der Waals surface area contributed by atoms with Crippen molar-refractivity contribution >= 4 is 34.0 Å². The van der Waals surface area contributed by atoms with Crippen molar-refractivity contribution in [3.05, 3.63) is 21.8 Å². The summed E-state index contributed by atoms with van der Waals surface area (Å²) in [4.78, 5) is 2.54. The third-order valence-corrected chi connectivity index (χ3v) is 4.72. The van der Waals surface area contributed by atoms with Crippen LogP contribution in [0.5, 0.6) is 0 Å². The van der Waals surface area contributed by atoms with E-state index in [1.54, 1.807) is 0 Å². The van der Waals surface area contributed by atoms with E-state index in [9.17, 15) is 0 Å². The lowest BCUT2D eigenvalue weighted by atomic mass is 9.96. The van der Waals surface area contributed by atoms with E-state index >= 15 is 0 Å². The number of anilines is 2. The number of nitrogen functional groups attached to an aromatic ring is 1. The van der Waals surface area contributed by atoms with Gasteiger partial charge in [-0.05, 0) is 66.0 Å². The number of hydrogen-bond donors (Lipinski definition) is 1. The van der Waals surface area contributed by atoms with Crippen LogP contribution < -0.4 is 10.6 Å². The number of nitrogens with zero attached hydrogens (tertiary/aromatic N) is 1. The molecule has 0 amide bonds. The summed E-state index contributed by atoms with van der Waals surface area (Å²) in [6.45, 7) is 4.69. The summed E-state index contributed by atoms with van der Waals surface area (Å²) in [6, 6.07) is 6.27. The van der Waals surface area contributed by atoms with E-state index in [2.05, 4.69) is 46.5 Å². The summed E-state index contributed by atoms with van der Waals surface area (Å²) in [5.74, 6) is 0.937. The van der Waals surface area contributed by atoms with E-state index in [0.717, 1.165) is 11.6 Å². The van der Waals surface area contributed by atoms with Gasteiger partial charge in [-0.25, -0.2) is 0 Å². The fourth-order valence-corrected chi connectivity index (χ4v) is 3.76. The van der Waals surface area contributed by atoms with Gasteiger partial charge in [-0.3, -0.25) is 0 Å². The molecular weight excluding hydrogens is 335 g/mol. The first-order chi connectivity index (χ1) is 8.70. The Balaban J connectivity index is 2.05. The van der Waals surface area contributed by atoms with Crippen molar-refractivity contribution in [1.82, 2.24) is 0 Å². The van der Waals surface area contributed by atoms with Gasteiger partial charge >= 0.3 is 0 Å². The normalized spacial score (nSPS) is 20.8. The van der Waals surface area contributed by atoms with Gasteiger partial charge in [0.1, 0.15) is 0 Å². The van der Waals surface area contributed by atoms with Crippen LogP contribution in [0.3, 0.4) is 0 Å². The molecule has 0 bridgehead atoms. The van der Waals surface area contributed by atoms with Gasteiger partial charge in [-0.15, -0.1) is 0 Å². The number of halogens is 1. The summed E-state index contributed by atoms with van der Waals surface area (Å²) in [5, 5.41) is 0. The Labute approximate surface area is 124 Å². The molecule has 0 spiro atoms. The Hall–Kier alpha value is -0.450. The SMILES string of the molecule is CCCC1CCCN(c2ccc(N)cc2I)CC1. The van der Waals surface area contributed by atoms with Gasteiger partial charge in [0.25, 0.3) is 0 Å². The van der Waals surface area contributed by atoms with Crippen molar-refractivity contribution in [1.29, 1.82) is 0 Å². The Morgan fingerprint density at radius 2 is 2.17 bits per heavy atom. The van der Waals surface area contributed by atoms with Crippen LogP contribution in [-0.4, -0.2) is 13.1 Å². The average molecular weight is 358 g/mol. The van der Waals surface area contributed by atoms with Gasteiger partial charge < -0.3 is 10.6 Å². The molecule has 2 rings (SSSR count). The third-order valence-electron chi connectivity index (χ3n) is 3.86. The van der Waals surface area contributed by atoms with Crippen molar-refractivity contribution in [2.75, 3.05) is 23.7 Å². The van der Waals surface area contributed by atoms with E-state index < -0.39 is 0 Å². The molecule has 18 heavy (non-hydrogen) atoms. The average Bonchev–Trinajstić information content (AvgIpc) is 2.55. The summed E-state index contributed by atoms with van der Waals surface area (Å²) in [7, 11) is 0. The topological polar surface area (TPSA) is 29.3 Å².